The highest BCUT2D eigenvalue weighted by atomic mass is 14.0. The molecule has 0 saturated carbocycles. The molecule has 17 heavy (non-hydrogen) atoms. The average molecular weight is 214 g/mol. The van der Waals surface area contributed by atoms with E-state index < -0.39 is 0 Å². The third kappa shape index (κ3) is 1.85. The van der Waals surface area contributed by atoms with Gasteiger partial charge in [-0.3, -0.25) is 0 Å². The Balaban J connectivity index is 2.27. The Morgan fingerprint density at radius 3 is 1.94 bits per heavy atom. The Morgan fingerprint density at radius 1 is 0.647 bits per heavy atom. The molecule has 0 aromatic heterocycles. The lowest BCUT2D eigenvalue weighted by atomic mass is 9.85. The van der Waals surface area contributed by atoms with Crippen LogP contribution in [0.15, 0.2) is 66.7 Å². The molecule has 0 unspecified atom stereocenters. The fraction of sp³-hybridized carbons (Fsp3) is 0. The molecule has 3 rings (SSSR count). The van der Waals surface area contributed by atoms with Gasteiger partial charge in [0, 0.05) is 0 Å². The predicted octanol–water partition coefficient (Wildman–Crippen LogP) is 3.30. The van der Waals surface area contributed by atoms with Crippen LogP contribution in [-0.2, 0) is 0 Å². The van der Waals surface area contributed by atoms with E-state index in [1.54, 1.807) is 0 Å². The summed E-state index contributed by atoms with van der Waals surface area (Å²) >= 11 is 0. The first-order valence-corrected chi connectivity index (χ1v) is 5.68. The Kier molecular flexibility index (Phi) is 2.45. The quantitative estimate of drug-likeness (QED) is 0.545. The second-order valence-corrected chi connectivity index (χ2v) is 4.15. The van der Waals surface area contributed by atoms with Crippen LogP contribution >= 0.6 is 0 Å². The van der Waals surface area contributed by atoms with Gasteiger partial charge in [0.05, 0.1) is 0 Å². The van der Waals surface area contributed by atoms with Crippen molar-refractivity contribution in [2.45, 2.75) is 0 Å². The normalized spacial score (nSPS) is 10.6. The molecule has 78 valence electrons. The van der Waals surface area contributed by atoms with Crippen molar-refractivity contribution in [2.24, 2.45) is 0 Å². The lowest BCUT2D eigenvalue weighted by Gasteiger charge is -2.08. The smallest absolute Gasteiger partial charge is 0.0883 e. The highest BCUT2D eigenvalue weighted by molar-refractivity contribution is 6.37. The van der Waals surface area contributed by atoms with Gasteiger partial charge >= 0.3 is 0 Å². The summed E-state index contributed by atoms with van der Waals surface area (Å²) in [4.78, 5) is 0. The first-order chi connectivity index (χ1) is 8.34. The first kappa shape index (κ1) is 10.2. The van der Waals surface area contributed by atoms with Gasteiger partial charge in [-0.25, -0.2) is 0 Å². The largest absolute Gasteiger partial charge is 0.114 e. The molecule has 2 radical (unpaired) electrons. The molecule has 0 nitrogen and oxygen atoms in total. The number of hydrogen-bond donors (Lipinski definition) is 0. The second-order valence-electron chi connectivity index (χ2n) is 4.15. The van der Waals surface area contributed by atoms with E-state index >= 15 is 0 Å². The van der Waals surface area contributed by atoms with E-state index in [0.29, 0.717) is 0 Å². The van der Waals surface area contributed by atoms with Crippen LogP contribution in [0.1, 0.15) is 0 Å². The summed E-state index contributed by atoms with van der Waals surface area (Å²) in [7, 11) is 6.12. The molecule has 0 heterocycles. The topological polar surface area (TPSA) is 0 Å². The summed E-state index contributed by atoms with van der Waals surface area (Å²) in [6.07, 6.45) is 0. The van der Waals surface area contributed by atoms with Crippen molar-refractivity contribution in [1.82, 2.24) is 0 Å². The van der Waals surface area contributed by atoms with E-state index in [1.165, 1.54) is 10.8 Å². The molecule has 0 saturated heterocycles. The zero-order valence-electron chi connectivity index (χ0n) is 9.43. The van der Waals surface area contributed by atoms with Crippen LogP contribution in [-0.4, -0.2) is 7.85 Å². The monoisotopic (exact) mass is 214 g/mol. The summed E-state index contributed by atoms with van der Waals surface area (Å²) in [5.74, 6) is 0. The third-order valence-electron chi connectivity index (χ3n) is 3.00. The van der Waals surface area contributed by atoms with Gasteiger partial charge in [0.15, 0.2) is 0 Å². The van der Waals surface area contributed by atoms with Crippen molar-refractivity contribution in [1.29, 1.82) is 0 Å². The van der Waals surface area contributed by atoms with Crippen molar-refractivity contribution >= 4 is 24.1 Å². The Morgan fingerprint density at radius 2 is 1.24 bits per heavy atom. The molecule has 0 atom stereocenters. The molecular formula is C16H11B. The van der Waals surface area contributed by atoms with Gasteiger partial charge in [-0.1, -0.05) is 66.1 Å². The van der Waals surface area contributed by atoms with Crippen LogP contribution in [0.4, 0.5) is 0 Å². The molecule has 3 aromatic rings. The molecule has 1 heteroatoms. The van der Waals surface area contributed by atoms with Crippen molar-refractivity contribution in [3.8, 4) is 11.1 Å². The highest BCUT2D eigenvalue weighted by Gasteiger charge is 2.02. The summed E-state index contributed by atoms with van der Waals surface area (Å²) in [5.41, 5.74) is 3.09. The molecule has 0 aliphatic carbocycles. The molecular weight excluding hydrogens is 203 g/mol. The fourth-order valence-electron chi connectivity index (χ4n) is 2.13. The average Bonchev–Trinajstić information content (AvgIpc) is 2.39. The Hall–Kier alpha value is -2.02. The van der Waals surface area contributed by atoms with Crippen molar-refractivity contribution in [3.63, 3.8) is 0 Å². The van der Waals surface area contributed by atoms with Crippen molar-refractivity contribution in [2.75, 3.05) is 0 Å². The highest BCUT2D eigenvalue weighted by Crippen LogP contribution is 2.21. The number of rotatable bonds is 1. The molecule has 0 aliphatic rings. The molecule has 0 fully saturated rings. The number of hydrogen-bond acceptors (Lipinski definition) is 0. The maximum Gasteiger partial charge on any atom is 0.114 e. The minimum atomic E-state index is 0.829. The number of fused-ring (bicyclic) bond motifs is 1. The van der Waals surface area contributed by atoms with Gasteiger partial charge in [0.2, 0.25) is 0 Å². The zero-order chi connectivity index (χ0) is 11.7. The third-order valence-corrected chi connectivity index (χ3v) is 3.00. The fourth-order valence-corrected chi connectivity index (χ4v) is 2.13. The van der Waals surface area contributed by atoms with Crippen LogP contribution in [0.2, 0.25) is 0 Å². The van der Waals surface area contributed by atoms with Gasteiger partial charge in [-0.05, 0) is 28.0 Å². The van der Waals surface area contributed by atoms with Crippen LogP contribution in [0.5, 0.6) is 0 Å². The van der Waals surface area contributed by atoms with Crippen LogP contribution in [0, 0.1) is 0 Å². The summed E-state index contributed by atoms with van der Waals surface area (Å²) < 4.78 is 0. The summed E-state index contributed by atoms with van der Waals surface area (Å²) in [5, 5.41) is 2.41. The van der Waals surface area contributed by atoms with Crippen molar-refractivity contribution in [3.05, 3.63) is 66.7 Å². The molecule has 0 N–H and O–H groups in total. The van der Waals surface area contributed by atoms with E-state index in [0.717, 1.165) is 16.6 Å². The lowest BCUT2D eigenvalue weighted by molar-refractivity contribution is 1.67. The van der Waals surface area contributed by atoms with Gasteiger partial charge in [0.1, 0.15) is 7.85 Å². The molecule has 0 spiro atoms. The molecule has 3 aromatic carbocycles. The number of benzene rings is 3. The Bertz CT molecular complexity index is 657. The molecule has 0 amide bonds. The van der Waals surface area contributed by atoms with Crippen molar-refractivity contribution < 1.29 is 0 Å². The zero-order valence-corrected chi connectivity index (χ0v) is 9.43. The van der Waals surface area contributed by atoms with Crippen LogP contribution in [0.3, 0.4) is 0 Å². The maximum atomic E-state index is 6.12. The summed E-state index contributed by atoms with van der Waals surface area (Å²) in [6, 6.07) is 22.7. The van der Waals surface area contributed by atoms with Crippen LogP contribution < -0.4 is 5.46 Å². The van der Waals surface area contributed by atoms with E-state index in [4.69, 9.17) is 7.85 Å². The van der Waals surface area contributed by atoms with Gasteiger partial charge < -0.3 is 0 Å². The summed E-state index contributed by atoms with van der Waals surface area (Å²) in [6.45, 7) is 0. The van der Waals surface area contributed by atoms with Gasteiger partial charge in [0.25, 0.3) is 0 Å². The minimum absolute atomic E-state index is 0.829. The van der Waals surface area contributed by atoms with Gasteiger partial charge in [-0.2, -0.15) is 0 Å². The molecule has 0 aliphatic heterocycles. The lowest BCUT2D eigenvalue weighted by Crippen LogP contribution is -2.06. The first-order valence-electron chi connectivity index (χ1n) is 5.68. The Labute approximate surface area is 102 Å². The van der Waals surface area contributed by atoms with E-state index in [9.17, 15) is 0 Å². The molecule has 0 bridgehead atoms. The maximum absolute atomic E-state index is 6.12. The van der Waals surface area contributed by atoms with Crippen LogP contribution in [0.25, 0.3) is 21.9 Å². The van der Waals surface area contributed by atoms with Gasteiger partial charge in [-0.15, -0.1) is 0 Å². The van der Waals surface area contributed by atoms with E-state index in [2.05, 4.69) is 30.3 Å². The van der Waals surface area contributed by atoms with E-state index in [1.807, 2.05) is 36.4 Å². The predicted molar refractivity (Wildman–Crippen MR) is 74.8 cm³/mol. The SMILES string of the molecule is [B]c1cc2ccccc2cc1-c1ccccc1. The minimum Gasteiger partial charge on any atom is -0.0883 e. The standard InChI is InChI=1S/C16H11B/c17-16-11-14-9-5-4-8-13(14)10-15(16)12-6-2-1-3-7-12/h1-11H. The second kappa shape index (κ2) is 4.10. The van der Waals surface area contributed by atoms with E-state index in [-0.39, 0.29) is 0 Å².